The van der Waals surface area contributed by atoms with Gasteiger partial charge in [-0.3, -0.25) is 4.79 Å². The van der Waals surface area contributed by atoms with E-state index in [0.29, 0.717) is 0 Å². The molecule has 0 bridgehead atoms. The van der Waals surface area contributed by atoms with Gasteiger partial charge in [0.05, 0.1) is 5.52 Å². The Morgan fingerprint density at radius 2 is 1.77 bits per heavy atom. The Kier molecular flexibility index (Phi) is 3.11. The number of hydrogen-bond acceptors (Lipinski definition) is 3. The molecule has 3 aromatic rings. The van der Waals surface area contributed by atoms with Gasteiger partial charge in [0.1, 0.15) is 12.1 Å². The van der Waals surface area contributed by atoms with E-state index in [4.69, 9.17) is 0 Å². The van der Waals surface area contributed by atoms with Crippen LogP contribution in [0.4, 0.5) is 0 Å². The number of nitrogens with one attached hydrogen (secondary N) is 1. The van der Waals surface area contributed by atoms with E-state index in [1.165, 1.54) is 11.1 Å². The van der Waals surface area contributed by atoms with Crippen LogP contribution in [0, 0.1) is 0 Å². The fraction of sp³-hybridized carbons (Fsp3) is 0.235. The lowest BCUT2D eigenvalue weighted by molar-refractivity contribution is -0.122. The maximum absolute atomic E-state index is 12.3. The molecule has 22 heavy (non-hydrogen) atoms. The number of para-hydroxylation sites is 1. The number of aromatic nitrogens is 3. The Morgan fingerprint density at radius 1 is 1.09 bits per heavy atom. The molecular weight excluding hydrogens is 276 g/mol. The van der Waals surface area contributed by atoms with E-state index >= 15 is 0 Å². The van der Waals surface area contributed by atoms with E-state index < -0.39 is 0 Å². The Hall–Kier alpha value is -2.69. The predicted molar refractivity (Wildman–Crippen MR) is 83.3 cm³/mol. The summed E-state index contributed by atoms with van der Waals surface area (Å²) in [6, 6.07) is 16.2. The molecule has 0 atom stereocenters. The van der Waals surface area contributed by atoms with Crippen molar-refractivity contribution in [2.75, 3.05) is 0 Å². The average Bonchev–Trinajstić information content (AvgIpc) is 3.11. The highest BCUT2D eigenvalue weighted by Gasteiger charge is 2.22. The molecule has 0 spiro atoms. The second kappa shape index (κ2) is 5.26. The summed E-state index contributed by atoms with van der Waals surface area (Å²) in [6.45, 7) is 0.202. The molecule has 0 aliphatic heterocycles. The summed E-state index contributed by atoms with van der Waals surface area (Å²) < 4.78 is 1.65. The molecule has 1 N–H and O–H groups in total. The molecule has 0 unspecified atom stereocenters. The highest BCUT2D eigenvalue weighted by molar-refractivity contribution is 5.80. The second-order valence-electron chi connectivity index (χ2n) is 5.68. The first-order chi connectivity index (χ1) is 10.8. The van der Waals surface area contributed by atoms with E-state index in [2.05, 4.69) is 27.8 Å². The van der Waals surface area contributed by atoms with Crippen LogP contribution in [-0.2, 0) is 24.2 Å². The molecule has 1 amide bonds. The molecule has 110 valence electrons. The van der Waals surface area contributed by atoms with Crippen LogP contribution in [0.5, 0.6) is 0 Å². The minimum Gasteiger partial charge on any atom is -0.351 e. The van der Waals surface area contributed by atoms with Crippen molar-refractivity contribution in [2.24, 2.45) is 0 Å². The second-order valence-corrected chi connectivity index (χ2v) is 5.68. The van der Waals surface area contributed by atoms with Crippen molar-refractivity contribution in [3.63, 3.8) is 0 Å². The maximum atomic E-state index is 12.3. The number of nitrogens with zero attached hydrogens (tertiary/aromatic N) is 3. The molecule has 5 nitrogen and oxygen atoms in total. The summed E-state index contributed by atoms with van der Waals surface area (Å²) in [5.41, 5.74) is 4.36. The lowest BCUT2D eigenvalue weighted by Gasteiger charge is -2.12. The van der Waals surface area contributed by atoms with Crippen LogP contribution in [0.15, 0.2) is 48.5 Å². The van der Waals surface area contributed by atoms with Crippen LogP contribution < -0.4 is 5.32 Å². The molecule has 0 fully saturated rings. The summed E-state index contributed by atoms with van der Waals surface area (Å²) in [7, 11) is 0. The normalized spacial score (nSPS) is 14.2. The van der Waals surface area contributed by atoms with Gasteiger partial charge in [-0.25, -0.2) is 4.68 Å². The molecule has 4 rings (SSSR count). The van der Waals surface area contributed by atoms with Gasteiger partial charge in [-0.15, -0.1) is 5.10 Å². The molecule has 0 saturated carbocycles. The van der Waals surface area contributed by atoms with Crippen molar-refractivity contribution in [1.82, 2.24) is 20.3 Å². The zero-order valence-corrected chi connectivity index (χ0v) is 12.1. The van der Waals surface area contributed by atoms with Crippen LogP contribution in [0.25, 0.3) is 11.0 Å². The van der Waals surface area contributed by atoms with Gasteiger partial charge in [-0.05, 0) is 36.1 Å². The molecule has 5 heteroatoms. The van der Waals surface area contributed by atoms with Crippen LogP contribution >= 0.6 is 0 Å². The van der Waals surface area contributed by atoms with Crippen molar-refractivity contribution in [3.8, 4) is 0 Å². The molecule has 2 aromatic carbocycles. The quantitative estimate of drug-likeness (QED) is 0.799. The van der Waals surface area contributed by atoms with Crippen molar-refractivity contribution in [2.45, 2.75) is 25.4 Å². The molecule has 0 radical (unpaired) electrons. The van der Waals surface area contributed by atoms with E-state index in [-0.39, 0.29) is 18.5 Å². The SMILES string of the molecule is O=C(Cn1nnc2ccccc21)NC1Cc2ccccc2C1. The Labute approximate surface area is 127 Å². The third kappa shape index (κ3) is 2.35. The van der Waals surface area contributed by atoms with Crippen LogP contribution in [0.1, 0.15) is 11.1 Å². The fourth-order valence-corrected chi connectivity index (χ4v) is 3.10. The van der Waals surface area contributed by atoms with Gasteiger partial charge in [0, 0.05) is 6.04 Å². The lowest BCUT2D eigenvalue weighted by atomic mass is 10.1. The Bertz CT molecular complexity index is 814. The monoisotopic (exact) mass is 292 g/mol. The van der Waals surface area contributed by atoms with E-state index in [0.717, 1.165) is 23.9 Å². The van der Waals surface area contributed by atoms with Gasteiger partial charge < -0.3 is 5.32 Å². The van der Waals surface area contributed by atoms with E-state index in [1.54, 1.807) is 4.68 Å². The smallest absolute Gasteiger partial charge is 0.242 e. The number of carbonyl (C=O) groups excluding carboxylic acids is 1. The number of carbonyl (C=O) groups is 1. The summed E-state index contributed by atoms with van der Waals surface area (Å²) >= 11 is 0. The van der Waals surface area contributed by atoms with Crippen molar-refractivity contribution in [3.05, 3.63) is 59.7 Å². The topological polar surface area (TPSA) is 59.8 Å². The summed E-state index contributed by atoms with van der Waals surface area (Å²) in [6.07, 6.45) is 1.81. The minimum atomic E-state index is -0.0199. The minimum absolute atomic E-state index is 0.0199. The van der Waals surface area contributed by atoms with Gasteiger partial charge in [-0.1, -0.05) is 41.6 Å². The summed E-state index contributed by atoms with van der Waals surface area (Å²) in [4.78, 5) is 12.3. The summed E-state index contributed by atoms with van der Waals surface area (Å²) in [5, 5.41) is 11.2. The molecular formula is C17H16N4O. The van der Waals surface area contributed by atoms with E-state index in [9.17, 15) is 4.79 Å². The van der Waals surface area contributed by atoms with Crippen molar-refractivity contribution in [1.29, 1.82) is 0 Å². The standard InChI is InChI=1S/C17H16N4O/c22-17(11-21-16-8-4-3-7-15(16)19-20-21)18-14-9-12-5-1-2-6-13(12)10-14/h1-8,14H,9-11H2,(H,18,22). The zero-order valence-electron chi connectivity index (χ0n) is 12.1. The molecule has 1 aliphatic carbocycles. The molecule has 1 aromatic heterocycles. The molecule has 0 saturated heterocycles. The van der Waals surface area contributed by atoms with Crippen LogP contribution in [0.3, 0.4) is 0 Å². The third-order valence-electron chi connectivity index (χ3n) is 4.13. The number of hydrogen-bond donors (Lipinski definition) is 1. The number of rotatable bonds is 3. The highest BCUT2D eigenvalue weighted by atomic mass is 16.2. The Morgan fingerprint density at radius 3 is 2.55 bits per heavy atom. The lowest BCUT2D eigenvalue weighted by Crippen LogP contribution is -2.37. The Balaban J connectivity index is 1.44. The first kappa shape index (κ1) is 13.0. The van der Waals surface area contributed by atoms with Crippen molar-refractivity contribution < 1.29 is 4.79 Å². The first-order valence-electron chi connectivity index (χ1n) is 7.44. The van der Waals surface area contributed by atoms with E-state index in [1.807, 2.05) is 36.4 Å². The van der Waals surface area contributed by atoms with Crippen molar-refractivity contribution >= 4 is 16.9 Å². The first-order valence-corrected chi connectivity index (χ1v) is 7.44. The summed E-state index contributed by atoms with van der Waals surface area (Å²) in [5.74, 6) is -0.0199. The van der Waals surface area contributed by atoms with Crippen LogP contribution in [-0.4, -0.2) is 26.9 Å². The third-order valence-corrected chi connectivity index (χ3v) is 4.13. The number of benzene rings is 2. The number of amides is 1. The van der Waals surface area contributed by atoms with Gasteiger partial charge in [0.25, 0.3) is 0 Å². The van der Waals surface area contributed by atoms with Gasteiger partial charge in [-0.2, -0.15) is 0 Å². The van der Waals surface area contributed by atoms with Gasteiger partial charge in [0.15, 0.2) is 0 Å². The largest absolute Gasteiger partial charge is 0.351 e. The fourth-order valence-electron chi connectivity index (χ4n) is 3.10. The molecule has 1 aliphatic rings. The molecule has 1 heterocycles. The number of fused-ring (bicyclic) bond motifs is 2. The van der Waals surface area contributed by atoms with Gasteiger partial charge >= 0.3 is 0 Å². The predicted octanol–water partition coefficient (Wildman–Crippen LogP) is 1.71. The maximum Gasteiger partial charge on any atom is 0.242 e. The van der Waals surface area contributed by atoms with Crippen LogP contribution in [0.2, 0.25) is 0 Å². The highest BCUT2D eigenvalue weighted by Crippen LogP contribution is 2.21. The average molecular weight is 292 g/mol. The zero-order chi connectivity index (χ0) is 14.9. The van der Waals surface area contributed by atoms with Gasteiger partial charge in [0.2, 0.25) is 5.91 Å².